The number of carbonyl (C=O) groups is 3. The van der Waals surface area contributed by atoms with Crippen LogP contribution >= 0.6 is 0 Å². The van der Waals surface area contributed by atoms with E-state index in [1.54, 1.807) is 31.2 Å². The van der Waals surface area contributed by atoms with Gasteiger partial charge in [0, 0.05) is 16.9 Å². The summed E-state index contributed by atoms with van der Waals surface area (Å²) in [5.74, 6) is -1.21. The molecule has 1 aliphatic heterocycles. The third-order valence-electron chi connectivity index (χ3n) is 3.61. The first-order chi connectivity index (χ1) is 10.5. The van der Waals surface area contributed by atoms with Gasteiger partial charge in [0.1, 0.15) is 0 Å². The van der Waals surface area contributed by atoms with Gasteiger partial charge < -0.3 is 11.1 Å². The van der Waals surface area contributed by atoms with Crippen molar-refractivity contribution in [1.29, 1.82) is 0 Å². The van der Waals surface area contributed by atoms with E-state index in [0.717, 1.165) is 0 Å². The molecule has 3 rings (SSSR count). The molecule has 22 heavy (non-hydrogen) atoms. The summed E-state index contributed by atoms with van der Waals surface area (Å²) in [5.41, 5.74) is 8.48. The van der Waals surface area contributed by atoms with E-state index in [0.29, 0.717) is 28.1 Å². The van der Waals surface area contributed by atoms with Gasteiger partial charge in [-0.3, -0.25) is 19.7 Å². The summed E-state index contributed by atoms with van der Waals surface area (Å²) in [6.45, 7) is 1.76. The molecule has 0 aromatic heterocycles. The largest absolute Gasteiger partial charge is 0.398 e. The summed E-state index contributed by atoms with van der Waals surface area (Å²) >= 11 is 0. The Morgan fingerprint density at radius 3 is 2.59 bits per heavy atom. The molecule has 0 unspecified atom stereocenters. The average Bonchev–Trinajstić information content (AvgIpc) is 2.76. The summed E-state index contributed by atoms with van der Waals surface area (Å²) in [7, 11) is 0. The van der Waals surface area contributed by atoms with Crippen LogP contribution in [0.5, 0.6) is 0 Å². The SMILES string of the molecule is Cc1c(N)cccc1C(=O)Nc1ccc2c(c1)C(=O)NC2=O. The zero-order valence-corrected chi connectivity index (χ0v) is 11.8. The van der Waals surface area contributed by atoms with E-state index in [4.69, 9.17) is 5.73 Å². The van der Waals surface area contributed by atoms with Crippen molar-refractivity contribution in [3.63, 3.8) is 0 Å². The van der Waals surface area contributed by atoms with E-state index < -0.39 is 11.8 Å². The fourth-order valence-corrected chi connectivity index (χ4v) is 2.34. The molecule has 0 atom stereocenters. The van der Waals surface area contributed by atoms with Gasteiger partial charge >= 0.3 is 0 Å². The van der Waals surface area contributed by atoms with E-state index in [9.17, 15) is 14.4 Å². The molecule has 0 saturated carbocycles. The number of hydrogen-bond donors (Lipinski definition) is 3. The number of carbonyl (C=O) groups excluding carboxylic acids is 3. The molecule has 110 valence electrons. The van der Waals surface area contributed by atoms with Crippen molar-refractivity contribution in [3.05, 3.63) is 58.7 Å². The second kappa shape index (κ2) is 5.00. The Balaban J connectivity index is 1.90. The molecule has 6 nitrogen and oxygen atoms in total. The van der Waals surface area contributed by atoms with Gasteiger partial charge in [-0.25, -0.2) is 0 Å². The summed E-state index contributed by atoms with van der Waals surface area (Å²) < 4.78 is 0. The van der Waals surface area contributed by atoms with E-state index in [1.165, 1.54) is 12.1 Å². The molecule has 0 saturated heterocycles. The van der Waals surface area contributed by atoms with Crippen molar-refractivity contribution in [2.75, 3.05) is 11.1 Å². The first kappa shape index (κ1) is 13.8. The highest BCUT2D eigenvalue weighted by atomic mass is 16.2. The van der Waals surface area contributed by atoms with Crippen LogP contribution in [0.25, 0.3) is 0 Å². The molecule has 1 aliphatic rings. The minimum Gasteiger partial charge on any atom is -0.398 e. The molecule has 1 heterocycles. The number of nitrogen functional groups attached to an aromatic ring is 1. The lowest BCUT2D eigenvalue weighted by atomic mass is 10.1. The van der Waals surface area contributed by atoms with Crippen LogP contribution in [0.3, 0.4) is 0 Å². The van der Waals surface area contributed by atoms with Gasteiger partial charge in [-0.1, -0.05) is 6.07 Å². The zero-order valence-electron chi connectivity index (χ0n) is 11.8. The predicted octanol–water partition coefficient (Wildman–Crippen LogP) is 1.71. The number of imide groups is 1. The van der Waals surface area contributed by atoms with Crippen LogP contribution in [0.15, 0.2) is 36.4 Å². The topological polar surface area (TPSA) is 101 Å². The Bertz CT molecular complexity index is 827. The van der Waals surface area contributed by atoms with Crippen LogP contribution in [-0.4, -0.2) is 17.7 Å². The van der Waals surface area contributed by atoms with Crippen molar-refractivity contribution in [2.45, 2.75) is 6.92 Å². The lowest BCUT2D eigenvalue weighted by Crippen LogP contribution is -2.19. The monoisotopic (exact) mass is 295 g/mol. The molecule has 2 aromatic rings. The third-order valence-corrected chi connectivity index (χ3v) is 3.61. The smallest absolute Gasteiger partial charge is 0.259 e. The van der Waals surface area contributed by atoms with Gasteiger partial charge in [0.2, 0.25) is 0 Å². The lowest BCUT2D eigenvalue weighted by Gasteiger charge is -2.10. The van der Waals surface area contributed by atoms with Crippen LogP contribution in [0, 0.1) is 6.92 Å². The average molecular weight is 295 g/mol. The number of benzene rings is 2. The Kier molecular flexibility index (Phi) is 3.14. The molecule has 6 heteroatoms. The summed E-state index contributed by atoms with van der Waals surface area (Å²) in [6.07, 6.45) is 0. The maximum Gasteiger partial charge on any atom is 0.259 e. The molecule has 0 radical (unpaired) electrons. The second-order valence-electron chi connectivity index (χ2n) is 5.02. The van der Waals surface area contributed by atoms with E-state index in [-0.39, 0.29) is 11.5 Å². The van der Waals surface area contributed by atoms with E-state index in [2.05, 4.69) is 10.6 Å². The van der Waals surface area contributed by atoms with E-state index in [1.807, 2.05) is 0 Å². The van der Waals surface area contributed by atoms with Crippen LogP contribution in [0.1, 0.15) is 36.6 Å². The minimum atomic E-state index is -0.462. The highest BCUT2D eigenvalue weighted by Gasteiger charge is 2.26. The van der Waals surface area contributed by atoms with Crippen molar-refractivity contribution >= 4 is 29.1 Å². The number of fused-ring (bicyclic) bond motifs is 1. The Labute approximate surface area is 126 Å². The molecule has 0 aliphatic carbocycles. The molecule has 2 aromatic carbocycles. The van der Waals surface area contributed by atoms with Crippen molar-refractivity contribution in [3.8, 4) is 0 Å². The molecule has 0 spiro atoms. The number of hydrogen-bond acceptors (Lipinski definition) is 4. The molecule has 0 fully saturated rings. The molecular weight excluding hydrogens is 282 g/mol. The van der Waals surface area contributed by atoms with Crippen LogP contribution in [0.4, 0.5) is 11.4 Å². The lowest BCUT2D eigenvalue weighted by molar-refractivity contribution is 0.0878. The second-order valence-corrected chi connectivity index (χ2v) is 5.02. The van der Waals surface area contributed by atoms with Gasteiger partial charge in [0.25, 0.3) is 17.7 Å². The first-order valence-electron chi connectivity index (χ1n) is 6.63. The number of nitrogens with two attached hydrogens (primary N) is 1. The fourth-order valence-electron chi connectivity index (χ4n) is 2.34. The van der Waals surface area contributed by atoms with Crippen molar-refractivity contribution in [2.24, 2.45) is 0 Å². The van der Waals surface area contributed by atoms with E-state index >= 15 is 0 Å². The Morgan fingerprint density at radius 2 is 1.82 bits per heavy atom. The van der Waals surface area contributed by atoms with Crippen molar-refractivity contribution < 1.29 is 14.4 Å². The standard InChI is InChI=1S/C16H13N3O3/c1-8-10(3-2-4-13(8)17)14(20)18-9-5-6-11-12(7-9)16(22)19-15(11)21/h2-7H,17H2,1H3,(H,18,20)(H,19,21,22). The highest BCUT2D eigenvalue weighted by molar-refractivity contribution is 6.22. The maximum atomic E-state index is 12.3. The molecule has 3 amide bonds. The van der Waals surface area contributed by atoms with Crippen LogP contribution < -0.4 is 16.4 Å². The van der Waals surface area contributed by atoms with Crippen LogP contribution in [0.2, 0.25) is 0 Å². The Morgan fingerprint density at radius 1 is 1.09 bits per heavy atom. The van der Waals surface area contributed by atoms with Gasteiger partial charge in [-0.2, -0.15) is 0 Å². The zero-order chi connectivity index (χ0) is 15.9. The number of anilines is 2. The van der Waals surface area contributed by atoms with Gasteiger partial charge in [0.15, 0.2) is 0 Å². The molecular formula is C16H13N3O3. The summed E-state index contributed by atoms with van der Waals surface area (Å²) in [6, 6.07) is 9.66. The fraction of sp³-hybridized carbons (Fsp3) is 0.0625. The molecule has 0 bridgehead atoms. The normalized spacial score (nSPS) is 12.8. The predicted molar refractivity (Wildman–Crippen MR) is 81.8 cm³/mol. The van der Waals surface area contributed by atoms with Crippen LogP contribution in [-0.2, 0) is 0 Å². The van der Waals surface area contributed by atoms with Gasteiger partial charge in [-0.15, -0.1) is 0 Å². The number of amides is 3. The first-order valence-corrected chi connectivity index (χ1v) is 6.63. The van der Waals surface area contributed by atoms with Crippen molar-refractivity contribution in [1.82, 2.24) is 5.32 Å². The highest BCUT2D eigenvalue weighted by Crippen LogP contribution is 2.22. The quantitative estimate of drug-likeness (QED) is 0.580. The molecule has 4 N–H and O–H groups in total. The summed E-state index contributed by atoms with van der Waals surface area (Å²) in [5, 5.41) is 4.91. The number of rotatable bonds is 2. The third kappa shape index (κ3) is 2.20. The summed E-state index contributed by atoms with van der Waals surface area (Å²) in [4.78, 5) is 35.4. The Hall–Kier alpha value is -3.15. The van der Waals surface area contributed by atoms with Gasteiger partial charge in [0.05, 0.1) is 11.1 Å². The minimum absolute atomic E-state index is 0.257. The van der Waals surface area contributed by atoms with Gasteiger partial charge in [-0.05, 0) is 42.8 Å². The maximum absolute atomic E-state index is 12.3. The number of nitrogens with one attached hydrogen (secondary N) is 2.